The van der Waals surface area contributed by atoms with Crippen molar-refractivity contribution in [3.05, 3.63) is 35.7 Å². The summed E-state index contributed by atoms with van der Waals surface area (Å²) in [6.45, 7) is 0.831. The summed E-state index contributed by atoms with van der Waals surface area (Å²) in [5.74, 6) is -0.246. The van der Waals surface area contributed by atoms with Gasteiger partial charge in [0, 0.05) is 6.54 Å². The molecule has 3 nitrogen and oxygen atoms in total. The molecule has 0 spiro atoms. The zero-order valence-corrected chi connectivity index (χ0v) is 13.8. The van der Waals surface area contributed by atoms with Crippen LogP contribution in [-0.2, 0) is 0 Å². The molecule has 2 aromatic rings. The third kappa shape index (κ3) is 4.01. The van der Waals surface area contributed by atoms with Gasteiger partial charge < -0.3 is 10.6 Å². The zero-order valence-electron chi connectivity index (χ0n) is 12.2. The first-order valence-electron chi connectivity index (χ1n) is 7.49. The number of rotatable bonds is 4. The minimum atomic E-state index is -0.246. The highest BCUT2D eigenvalue weighted by Crippen LogP contribution is 2.26. The van der Waals surface area contributed by atoms with Crippen molar-refractivity contribution in [2.75, 3.05) is 11.9 Å². The number of thiocarbonyl (C=S) groups is 1. The predicted octanol–water partition coefficient (Wildman–Crippen LogP) is 4.61. The summed E-state index contributed by atoms with van der Waals surface area (Å²) in [5.41, 5.74) is 2.31. The van der Waals surface area contributed by atoms with Crippen molar-refractivity contribution in [3.63, 3.8) is 0 Å². The Morgan fingerprint density at radius 3 is 3.09 bits per heavy atom. The Kier molecular flexibility index (Phi) is 5.00. The molecular formula is C16H18FN3S2. The van der Waals surface area contributed by atoms with E-state index in [4.69, 9.17) is 12.2 Å². The third-order valence-corrected chi connectivity index (χ3v) is 4.87. The number of benzene rings is 1. The average Bonchev–Trinajstić information content (AvgIpc) is 2.89. The lowest BCUT2D eigenvalue weighted by Crippen LogP contribution is -2.29. The Balaban J connectivity index is 1.51. The van der Waals surface area contributed by atoms with E-state index in [9.17, 15) is 4.39 Å². The van der Waals surface area contributed by atoms with E-state index in [2.05, 4.69) is 21.7 Å². The van der Waals surface area contributed by atoms with Gasteiger partial charge in [0.05, 0.1) is 10.2 Å². The zero-order chi connectivity index (χ0) is 15.4. The SMILES string of the molecule is Fc1ccc2nc(NC(=S)NCCC3=CCCCC3)sc2c1. The minimum absolute atomic E-state index is 0.246. The van der Waals surface area contributed by atoms with Crippen molar-refractivity contribution in [3.8, 4) is 0 Å². The van der Waals surface area contributed by atoms with Crippen LogP contribution in [0.4, 0.5) is 9.52 Å². The molecular weight excluding hydrogens is 317 g/mol. The van der Waals surface area contributed by atoms with Gasteiger partial charge in [-0.25, -0.2) is 9.37 Å². The Morgan fingerprint density at radius 2 is 2.27 bits per heavy atom. The second-order valence-corrected chi connectivity index (χ2v) is 6.81. The molecule has 0 amide bonds. The maximum Gasteiger partial charge on any atom is 0.190 e. The van der Waals surface area contributed by atoms with Crippen LogP contribution < -0.4 is 10.6 Å². The second-order valence-electron chi connectivity index (χ2n) is 5.37. The highest BCUT2D eigenvalue weighted by atomic mass is 32.1. The number of aromatic nitrogens is 1. The van der Waals surface area contributed by atoms with E-state index in [1.165, 1.54) is 54.7 Å². The molecule has 1 aromatic carbocycles. The molecule has 116 valence electrons. The van der Waals surface area contributed by atoms with Gasteiger partial charge >= 0.3 is 0 Å². The number of allylic oxidation sites excluding steroid dienone is 1. The molecule has 0 saturated carbocycles. The Hall–Kier alpha value is -1.53. The molecule has 0 saturated heterocycles. The van der Waals surface area contributed by atoms with E-state index in [0.717, 1.165) is 23.2 Å². The number of fused-ring (bicyclic) bond motifs is 1. The fourth-order valence-corrected chi connectivity index (χ4v) is 3.72. The van der Waals surface area contributed by atoms with Gasteiger partial charge in [-0.15, -0.1) is 0 Å². The van der Waals surface area contributed by atoms with Crippen molar-refractivity contribution >= 4 is 44.0 Å². The summed E-state index contributed by atoms with van der Waals surface area (Å²) in [6.07, 6.45) is 8.42. The molecule has 0 radical (unpaired) electrons. The first kappa shape index (κ1) is 15.4. The summed E-state index contributed by atoms with van der Waals surface area (Å²) in [7, 11) is 0. The molecule has 1 aromatic heterocycles. The standard InChI is InChI=1S/C16H18FN3S2/c17-12-6-7-13-14(10-12)22-16(19-13)20-15(21)18-9-8-11-4-2-1-3-5-11/h4,6-7,10H,1-3,5,8-9H2,(H2,18,19,20,21). The van der Waals surface area contributed by atoms with Gasteiger partial charge in [-0.1, -0.05) is 23.0 Å². The molecule has 0 fully saturated rings. The van der Waals surface area contributed by atoms with E-state index < -0.39 is 0 Å². The van der Waals surface area contributed by atoms with Crippen molar-refractivity contribution < 1.29 is 4.39 Å². The molecule has 1 heterocycles. The summed E-state index contributed by atoms with van der Waals surface area (Å²) < 4.78 is 14.0. The van der Waals surface area contributed by atoms with Crippen LogP contribution in [-0.4, -0.2) is 16.6 Å². The highest BCUT2D eigenvalue weighted by molar-refractivity contribution is 7.80. The van der Waals surface area contributed by atoms with E-state index >= 15 is 0 Å². The second kappa shape index (κ2) is 7.15. The molecule has 0 unspecified atom stereocenters. The van der Waals surface area contributed by atoms with Gasteiger partial charge in [0.1, 0.15) is 5.82 Å². The number of nitrogens with one attached hydrogen (secondary N) is 2. The van der Waals surface area contributed by atoms with Crippen molar-refractivity contribution in [2.24, 2.45) is 0 Å². The van der Waals surface area contributed by atoms with Crippen molar-refractivity contribution in [1.82, 2.24) is 10.3 Å². The normalized spacial score (nSPS) is 14.7. The first-order chi connectivity index (χ1) is 10.7. The lowest BCUT2D eigenvalue weighted by atomic mass is 9.97. The number of halogens is 1. The van der Waals surface area contributed by atoms with Crippen LogP contribution in [0.15, 0.2) is 29.8 Å². The molecule has 0 bridgehead atoms. The summed E-state index contributed by atoms with van der Waals surface area (Å²) in [6, 6.07) is 4.59. The quantitative estimate of drug-likeness (QED) is 0.632. The monoisotopic (exact) mass is 335 g/mol. The molecule has 0 aliphatic heterocycles. The van der Waals surface area contributed by atoms with Gasteiger partial charge in [-0.3, -0.25) is 0 Å². The van der Waals surface area contributed by atoms with Gasteiger partial charge in [0.2, 0.25) is 0 Å². The molecule has 1 aliphatic rings. The Morgan fingerprint density at radius 1 is 1.36 bits per heavy atom. The van der Waals surface area contributed by atoms with Crippen LogP contribution in [0.5, 0.6) is 0 Å². The third-order valence-electron chi connectivity index (χ3n) is 3.69. The maximum absolute atomic E-state index is 13.2. The summed E-state index contributed by atoms with van der Waals surface area (Å²) >= 11 is 6.68. The smallest absolute Gasteiger partial charge is 0.190 e. The predicted molar refractivity (Wildman–Crippen MR) is 95.0 cm³/mol. The van der Waals surface area contributed by atoms with Crippen molar-refractivity contribution in [2.45, 2.75) is 32.1 Å². The lowest BCUT2D eigenvalue weighted by Gasteiger charge is -2.13. The Bertz CT molecular complexity index is 708. The lowest BCUT2D eigenvalue weighted by molar-refractivity contribution is 0.630. The maximum atomic E-state index is 13.2. The van der Waals surface area contributed by atoms with Gasteiger partial charge in [-0.05, 0) is 62.5 Å². The molecule has 1 aliphatic carbocycles. The van der Waals surface area contributed by atoms with Crippen LogP contribution in [0.2, 0.25) is 0 Å². The molecule has 22 heavy (non-hydrogen) atoms. The van der Waals surface area contributed by atoms with Gasteiger partial charge in [0.15, 0.2) is 10.2 Å². The number of anilines is 1. The van der Waals surface area contributed by atoms with Crippen LogP contribution in [0.25, 0.3) is 10.2 Å². The first-order valence-corrected chi connectivity index (χ1v) is 8.72. The molecule has 2 N–H and O–H groups in total. The molecule has 6 heteroatoms. The van der Waals surface area contributed by atoms with Crippen molar-refractivity contribution in [1.29, 1.82) is 0 Å². The van der Waals surface area contributed by atoms with E-state index in [0.29, 0.717) is 10.2 Å². The number of hydrogen-bond acceptors (Lipinski definition) is 3. The summed E-state index contributed by atoms with van der Waals surface area (Å²) in [5, 5.41) is 7.54. The van der Waals surface area contributed by atoms with E-state index in [-0.39, 0.29) is 5.82 Å². The van der Waals surface area contributed by atoms with Crippen LogP contribution in [0, 0.1) is 5.82 Å². The van der Waals surface area contributed by atoms with E-state index in [1.807, 2.05) is 0 Å². The number of thiazole rings is 1. The number of hydrogen-bond donors (Lipinski definition) is 2. The van der Waals surface area contributed by atoms with Crippen LogP contribution in [0.3, 0.4) is 0 Å². The summed E-state index contributed by atoms with van der Waals surface area (Å²) in [4.78, 5) is 4.39. The molecule has 3 rings (SSSR count). The minimum Gasteiger partial charge on any atom is -0.362 e. The highest BCUT2D eigenvalue weighted by Gasteiger charge is 2.07. The Labute approximate surface area is 138 Å². The average molecular weight is 335 g/mol. The van der Waals surface area contributed by atoms with E-state index in [1.54, 1.807) is 6.07 Å². The van der Waals surface area contributed by atoms with Gasteiger partial charge in [-0.2, -0.15) is 0 Å². The fraction of sp³-hybridized carbons (Fsp3) is 0.375. The fourth-order valence-electron chi connectivity index (χ4n) is 2.56. The van der Waals surface area contributed by atoms with Crippen LogP contribution in [0.1, 0.15) is 32.1 Å². The van der Waals surface area contributed by atoms with Crippen LogP contribution >= 0.6 is 23.6 Å². The largest absolute Gasteiger partial charge is 0.362 e. The topological polar surface area (TPSA) is 37.0 Å². The van der Waals surface area contributed by atoms with Gasteiger partial charge in [0.25, 0.3) is 0 Å². The molecule has 0 atom stereocenters. The number of nitrogens with zero attached hydrogens (tertiary/aromatic N) is 1.